The third kappa shape index (κ3) is 3.73. The predicted molar refractivity (Wildman–Crippen MR) is 75.6 cm³/mol. The van der Waals surface area contributed by atoms with Crippen LogP contribution in [0.4, 0.5) is 10.5 Å². The minimum Gasteiger partial charge on any atom is -0.478 e. The first-order chi connectivity index (χ1) is 9.95. The molecule has 0 amide bonds. The SMILES string of the molecule is Cc1ccc(OC(=O)Oc2ccc(N)cc2C(=O)O)cc1. The Kier molecular flexibility index (Phi) is 4.08. The number of hydrogen-bond donors (Lipinski definition) is 2. The maximum Gasteiger partial charge on any atom is 0.519 e. The molecule has 0 atom stereocenters. The van der Waals surface area contributed by atoms with Crippen molar-refractivity contribution in [1.29, 1.82) is 0 Å². The Morgan fingerprint density at radius 2 is 1.71 bits per heavy atom. The molecule has 21 heavy (non-hydrogen) atoms. The number of carboxylic acids is 1. The maximum absolute atomic E-state index is 11.7. The fraction of sp³-hybridized carbons (Fsp3) is 0.0667. The van der Waals surface area contributed by atoms with Crippen molar-refractivity contribution in [2.24, 2.45) is 0 Å². The Morgan fingerprint density at radius 3 is 2.33 bits per heavy atom. The molecule has 0 aliphatic carbocycles. The topological polar surface area (TPSA) is 98.9 Å². The molecular formula is C15H13NO5. The highest BCUT2D eigenvalue weighted by Crippen LogP contribution is 2.22. The number of carbonyl (C=O) groups is 2. The highest BCUT2D eigenvalue weighted by Gasteiger charge is 2.16. The second kappa shape index (κ2) is 5.96. The van der Waals surface area contributed by atoms with Crippen LogP contribution in [-0.2, 0) is 0 Å². The van der Waals surface area contributed by atoms with Gasteiger partial charge in [-0.3, -0.25) is 0 Å². The molecule has 0 aliphatic heterocycles. The summed E-state index contributed by atoms with van der Waals surface area (Å²) in [5.41, 5.74) is 6.56. The van der Waals surface area contributed by atoms with Gasteiger partial charge in [-0.15, -0.1) is 0 Å². The Labute approximate surface area is 120 Å². The van der Waals surface area contributed by atoms with Crippen LogP contribution in [0.5, 0.6) is 11.5 Å². The van der Waals surface area contributed by atoms with Crippen molar-refractivity contribution in [3.63, 3.8) is 0 Å². The Hall–Kier alpha value is -3.02. The van der Waals surface area contributed by atoms with E-state index in [0.29, 0.717) is 5.75 Å². The Balaban J connectivity index is 2.12. The van der Waals surface area contributed by atoms with E-state index in [-0.39, 0.29) is 17.0 Å². The van der Waals surface area contributed by atoms with Gasteiger partial charge >= 0.3 is 12.1 Å². The van der Waals surface area contributed by atoms with E-state index in [1.807, 2.05) is 6.92 Å². The van der Waals surface area contributed by atoms with E-state index in [2.05, 4.69) is 0 Å². The van der Waals surface area contributed by atoms with Gasteiger partial charge in [-0.05, 0) is 37.3 Å². The van der Waals surface area contributed by atoms with E-state index in [9.17, 15) is 9.59 Å². The summed E-state index contributed by atoms with van der Waals surface area (Å²) in [5, 5.41) is 9.04. The van der Waals surface area contributed by atoms with Crippen LogP contribution < -0.4 is 15.2 Å². The minimum absolute atomic E-state index is 0.131. The van der Waals surface area contributed by atoms with Crippen LogP contribution >= 0.6 is 0 Å². The average Bonchev–Trinajstić information content (AvgIpc) is 2.43. The number of ether oxygens (including phenoxy) is 2. The van der Waals surface area contributed by atoms with Crippen LogP contribution in [-0.4, -0.2) is 17.2 Å². The lowest BCUT2D eigenvalue weighted by Crippen LogP contribution is -2.15. The van der Waals surface area contributed by atoms with Gasteiger partial charge in [0.1, 0.15) is 17.1 Å². The molecule has 0 aliphatic rings. The Morgan fingerprint density at radius 1 is 1.05 bits per heavy atom. The lowest BCUT2D eigenvalue weighted by molar-refractivity contribution is 0.0693. The number of aromatic carboxylic acids is 1. The van der Waals surface area contributed by atoms with E-state index >= 15 is 0 Å². The predicted octanol–water partition coefficient (Wildman–Crippen LogP) is 2.85. The monoisotopic (exact) mass is 287 g/mol. The molecular weight excluding hydrogens is 274 g/mol. The number of anilines is 1. The molecule has 108 valence electrons. The zero-order valence-electron chi connectivity index (χ0n) is 11.2. The van der Waals surface area contributed by atoms with E-state index in [1.165, 1.54) is 18.2 Å². The zero-order chi connectivity index (χ0) is 15.4. The maximum atomic E-state index is 11.7. The number of aryl methyl sites for hydroxylation is 1. The number of nitrogen functional groups attached to an aromatic ring is 1. The van der Waals surface area contributed by atoms with Crippen molar-refractivity contribution in [2.45, 2.75) is 6.92 Å². The summed E-state index contributed by atoms with van der Waals surface area (Å²) in [4.78, 5) is 22.7. The largest absolute Gasteiger partial charge is 0.519 e. The summed E-state index contributed by atoms with van der Waals surface area (Å²) < 4.78 is 9.85. The number of benzene rings is 2. The van der Waals surface area contributed by atoms with Crippen molar-refractivity contribution in [3.05, 3.63) is 53.6 Å². The molecule has 0 heterocycles. The van der Waals surface area contributed by atoms with Crippen LogP contribution in [0.1, 0.15) is 15.9 Å². The van der Waals surface area contributed by atoms with Crippen LogP contribution in [0.3, 0.4) is 0 Å². The normalized spacial score (nSPS) is 9.95. The van der Waals surface area contributed by atoms with Crippen molar-refractivity contribution in [1.82, 2.24) is 0 Å². The molecule has 6 heteroatoms. The second-order valence-electron chi connectivity index (χ2n) is 4.33. The molecule has 0 spiro atoms. The van der Waals surface area contributed by atoms with Gasteiger partial charge in [0, 0.05) is 5.69 Å². The highest BCUT2D eigenvalue weighted by molar-refractivity contribution is 5.92. The third-order valence-corrected chi connectivity index (χ3v) is 2.65. The number of carbonyl (C=O) groups excluding carboxylic acids is 1. The lowest BCUT2D eigenvalue weighted by atomic mass is 10.2. The first kappa shape index (κ1) is 14.4. The molecule has 0 saturated heterocycles. The zero-order valence-corrected chi connectivity index (χ0v) is 11.2. The van der Waals surface area contributed by atoms with Gasteiger partial charge in [0.15, 0.2) is 0 Å². The summed E-state index contributed by atoms with van der Waals surface area (Å²) in [6.07, 6.45) is -1.02. The van der Waals surface area contributed by atoms with Crippen molar-refractivity contribution < 1.29 is 24.2 Å². The Bertz CT molecular complexity index is 679. The van der Waals surface area contributed by atoms with Gasteiger partial charge in [0.2, 0.25) is 0 Å². The summed E-state index contributed by atoms with van der Waals surface area (Å²) >= 11 is 0. The van der Waals surface area contributed by atoms with Gasteiger partial charge in [0.05, 0.1) is 0 Å². The van der Waals surface area contributed by atoms with Crippen molar-refractivity contribution in [3.8, 4) is 11.5 Å². The van der Waals surface area contributed by atoms with Crippen molar-refractivity contribution >= 4 is 17.8 Å². The van der Waals surface area contributed by atoms with Crippen LogP contribution in [0, 0.1) is 6.92 Å². The van der Waals surface area contributed by atoms with Gasteiger partial charge in [-0.2, -0.15) is 0 Å². The van der Waals surface area contributed by atoms with Gasteiger partial charge < -0.3 is 20.3 Å². The highest BCUT2D eigenvalue weighted by atomic mass is 16.7. The van der Waals surface area contributed by atoms with E-state index in [0.717, 1.165) is 5.56 Å². The fourth-order valence-electron chi connectivity index (χ4n) is 1.62. The summed E-state index contributed by atoms with van der Waals surface area (Å²) in [7, 11) is 0. The molecule has 2 aromatic rings. The van der Waals surface area contributed by atoms with Crippen LogP contribution in [0.2, 0.25) is 0 Å². The summed E-state index contributed by atoms with van der Waals surface area (Å²) in [6.45, 7) is 1.90. The number of nitrogens with two attached hydrogens (primary N) is 1. The average molecular weight is 287 g/mol. The van der Waals surface area contributed by atoms with E-state index < -0.39 is 12.1 Å². The molecule has 0 unspecified atom stereocenters. The molecule has 0 fully saturated rings. The number of carboxylic acid groups (broad SMARTS) is 1. The molecule has 0 saturated carbocycles. The van der Waals surface area contributed by atoms with Crippen LogP contribution in [0.15, 0.2) is 42.5 Å². The molecule has 2 rings (SSSR count). The van der Waals surface area contributed by atoms with Crippen LogP contribution in [0.25, 0.3) is 0 Å². The molecule has 2 aromatic carbocycles. The standard InChI is InChI=1S/C15H13NO5/c1-9-2-5-11(6-3-9)20-15(19)21-13-7-4-10(16)8-12(13)14(17)18/h2-8H,16H2,1H3,(H,17,18). The van der Waals surface area contributed by atoms with Gasteiger partial charge in [-0.25, -0.2) is 9.59 Å². The van der Waals surface area contributed by atoms with Gasteiger partial charge in [-0.1, -0.05) is 17.7 Å². The molecule has 0 bridgehead atoms. The van der Waals surface area contributed by atoms with E-state index in [1.54, 1.807) is 24.3 Å². The number of rotatable bonds is 3. The first-order valence-corrected chi connectivity index (χ1v) is 6.05. The lowest BCUT2D eigenvalue weighted by Gasteiger charge is -2.08. The number of hydrogen-bond acceptors (Lipinski definition) is 5. The van der Waals surface area contributed by atoms with Gasteiger partial charge in [0.25, 0.3) is 0 Å². The summed E-state index contributed by atoms with van der Waals surface area (Å²) in [6, 6.07) is 10.7. The molecule has 3 N–H and O–H groups in total. The van der Waals surface area contributed by atoms with Crippen molar-refractivity contribution in [2.75, 3.05) is 5.73 Å². The fourth-order valence-corrected chi connectivity index (χ4v) is 1.62. The summed E-state index contributed by atoms with van der Waals surface area (Å²) in [5.74, 6) is -1.08. The second-order valence-corrected chi connectivity index (χ2v) is 4.33. The molecule has 0 radical (unpaired) electrons. The third-order valence-electron chi connectivity index (χ3n) is 2.65. The minimum atomic E-state index is -1.25. The molecule has 6 nitrogen and oxygen atoms in total. The first-order valence-electron chi connectivity index (χ1n) is 6.05. The quantitative estimate of drug-likeness (QED) is 0.511. The smallest absolute Gasteiger partial charge is 0.478 e. The molecule has 0 aromatic heterocycles. The van der Waals surface area contributed by atoms with E-state index in [4.69, 9.17) is 20.3 Å².